The van der Waals surface area contributed by atoms with E-state index in [-0.39, 0.29) is 12.0 Å². The molecule has 1 aliphatic rings. The van der Waals surface area contributed by atoms with Crippen molar-refractivity contribution in [2.24, 2.45) is 0 Å². The number of carbonyl (C=O) groups is 1. The van der Waals surface area contributed by atoms with Crippen LogP contribution in [0.1, 0.15) is 24.2 Å². The van der Waals surface area contributed by atoms with Crippen LogP contribution in [-0.2, 0) is 22.5 Å². The van der Waals surface area contributed by atoms with E-state index in [9.17, 15) is 4.79 Å². The quantitative estimate of drug-likeness (QED) is 0.731. The van der Waals surface area contributed by atoms with Gasteiger partial charge in [-0.25, -0.2) is 0 Å². The molecular formula is C18H24N4O2S. The summed E-state index contributed by atoms with van der Waals surface area (Å²) in [6.45, 7) is 4.17. The minimum Gasteiger partial charge on any atom is -0.376 e. The molecule has 1 aromatic carbocycles. The number of hydrogen-bond acceptors (Lipinski definition) is 5. The molecule has 1 amide bonds. The first-order chi connectivity index (χ1) is 12.2. The normalized spacial score (nSPS) is 16.9. The summed E-state index contributed by atoms with van der Waals surface area (Å²) in [5.74, 6) is 1.23. The molecule has 0 radical (unpaired) electrons. The number of hydrogen-bond donors (Lipinski definition) is 1. The molecule has 7 heteroatoms. The Morgan fingerprint density at radius 3 is 2.96 bits per heavy atom. The molecule has 0 bridgehead atoms. The largest absolute Gasteiger partial charge is 0.376 e. The van der Waals surface area contributed by atoms with Gasteiger partial charge in [-0.05, 0) is 31.7 Å². The molecule has 0 spiro atoms. The number of amides is 1. The number of ether oxygens (including phenoxy) is 1. The van der Waals surface area contributed by atoms with Gasteiger partial charge in [0.05, 0.1) is 18.4 Å². The average molecular weight is 360 g/mol. The molecule has 6 nitrogen and oxygen atoms in total. The second kappa shape index (κ2) is 9.01. The summed E-state index contributed by atoms with van der Waals surface area (Å²) in [7, 11) is 0. The SMILES string of the molecule is Cc1nnc(SCC(=O)NCCc2ccccc2)n1C[C@H]1CCCO1. The van der Waals surface area contributed by atoms with Gasteiger partial charge in [-0.3, -0.25) is 4.79 Å². The number of thioether (sulfide) groups is 1. The summed E-state index contributed by atoms with van der Waals surface area (Å²) < 4.78 is 7.75. The second-order valence-corrected chi connectivity index (χ2v) is 7.09. The van der Waals surface area contributed by atoms with Crippen LogP contribution in [0, 0.1) is 6.92 Å². The van der Waals surface area contributed by atoms with Gasteiger partial charge in [0.1, 0.15) is 5.82 Å². The van der Waals surface area contributed by atoms with E-state index in [0.29, 0.717) is 12.3 Å². The molecule has 1 atom stereocenters. The van der Waals surface area contributed by atoms with Gasteiger partial charge < -0.3 is 14.6 Å². The van der Waals surface area contributed by atoms with Crippen LogP contribution >= 0.6 is 11.8 Å². The molecular weight excluding hydrogens is 336 g/mol. The van der Waals surface area contributed by atoms with Crippen LogP contribution in [0.25, 0.3) is 0 Å². The second-order valence-electron chi connectivity index (χ2n) is 6.15. The van der Waals surface area contributed by atoms with E-state index in [1.165, 1.54) is 17.3 Å². The molecule has 1 N–H and O–H groups in total. The first kappa shape index (κ1) is 17.9. The fourth-order valence-corrected chi connectivity index (χ4v) is 3.67. The molecule has 3 rings (SSSR count). The Hall–Kier alpha value is -1.86. The van der Waals surface area contributed by atoms with Gasteiger partial charge in [-0.1, -0.05) is 42.1 Å². The zero-order valence-electron chi connectivity index (χ0n) is 14.5. The number of aryl methyl sites for hydroxylation is 1. The summed E-state index contributed by atoms with van der Waals surface area (Å²) in [5.41, 5.74) is 1.22. The summed E-state index contributed by atoms with van der Waals surface area (Å²) in [4.78, 5) is 12.1. The minimum atomic E-state index is 0.0188. The third-order valence-electron chi connectivity index (χ3n) is 4.22. The Labute approximate surface area is 152 Å². The van der Waals surface area contributed by atoms with Crippen LogP contribution in [0.15, 0.2) is 35.5 Å². The third-order valence-corrected chi connectivity index (χ3v) is 5.19. The van der Waals surface area contributed by atoms with Crippen LogP contribution < -0.4 is 5.32 Å². The summed E-state index contributed by atoms with van der Waals surface area (Å²) in [6.07, 6.45) is 3.25. The predicted octanol–water partition coefficient (Wildman–Crippen LogP) is 2.22. The maximum atomic E-state index is 12.1. The predicted molar refractivity (Wildman–Crippen MR) is 97.6 cm³/mol. The Balaban J connectivity index is 1.44. The van der Waals surface area contributed by atoms with Crippen LogP contribution in [0.3, 0.4) is 0 Å². The van der Waals surface area contributed by atoms with Gasteiger partial charge in [0, 0.05) is 13.2 Å². The van der Waals surface area contributed by atoms with E-state index in [0.717, 1.165) is 43.4 Å². The van der Waals surface area contributed by atoms with Gasteiger partial charge in [0.15, 0.2) is 5.16 Å². The van der Waals surface area contributed by atoms with E-state index in [2.05, 4.69) is 32.2 Å². The van der Waals surface area contributed by atoms with Crippen LogP contribution in [0.5, 0.6) is 0 Å². The smallest absolute Gasteiger partial charge is 0.230 e. The highest BCUT2D eigenvalue weighted by atomic mass is 32.2. The highest BCUT2D eigenvalue weighted by Crippen LogP contribution is 2.20. The minimum absolute atomic E-state index is 0.0188. The van der Waals surface area contributed by atoms with Gasteiger partial charge in [-0.15, -0.1) is 10.2 Å². The fourth-order valence-electron chi connectivity index (χ4n) is 2.84. The molecule has 0 saturated carbocycles. The lowest BCUT2D eigenvalue weighted by molar-refractivity contribution is -0.118. The van der Waals surface area contributed by atoms with Crippen molar-refractivity contribution in [2.45, 2.75) is 44.0 Å². The van der Waals surface area contributed by atoms with Crippen molar-refractivity contribution >= 4 is 17.7 Å². The molecule has 1 saturated heterocycles. The van der Waals surface area contributed by atoms with Crippen molar-refractivity contribution in [1.82, 2.24) is 20.1 Å². The zero-order chi connectivity index (χ0) is 17.5. The highest BCUT2D eigenvalue weighted by Gasteiger charge is 2.20. The molecule has 2 aromatic rings. The van der Waals surface area contributed by atoms with Crippen molar-refractivity contribution in [1.29, 1.82) is 0 Å². The van der Waals surface area contributed by atoms with Crippen molar-refractivity contribution in [2.75, 3.05) is 18.9 Å². The van der Waals surface area contributed by atoms with E-state index < -0.39 is 0 Å². The van der Waals surface area contributed by atoms with E-state index in [1.54, 1.807) is 0 Å². The first-order valence-electron chi connectivity index (χ1n) is 8.67. The van der Waals surface area contributed by atoms with Gasteiger partial charge in [-0.2, -0.15) is 0 Å². The van der Waals surface area contributed by atoms with Crippen molar-refractivity contribution < 1.29 is 9.53 Å². The third kappa shape index (κ3) is 5.31. The molecule has 2 heterocycles. The van der Waals surface area contributed by atoms with Crippen molar-refractivity contribution in [3.63, 3.8) is 0 Å². The van der Waals surface area contributed by atoms with Crippen LogP contribution in [-0.4, -0.2) is 45.7 Å². The highest BCUT2D eigenvalue weighted by molar-refractivity contribution is 7.99. The van der Waals surface area contributed by atoms with Crippen molar-refractivity contribution in [3.8, 4) is 0 Å². The topological polar surface area (TPSA) is 69.0 Å². The maximum Gasteiger partial charge on any atom is 0.230 e. The lowest BCUT2D eigenvalue weighted by atomic mass is 10.1. The van der Waals surface area contributed by atoms with Gasteiger partial charge in [0.2, 0.25) is 5.91 Å². The Bertz CT molecular complexity index is 684. The monoisotopic (exact) mass is 360 g/mol. The zero-order valence-corrected chi connectivity index (χ0v) is 15.3. The van der Waals surface area contributed by atoms with E-state index >= 15 is 0 Å². The van der Waals surface area contributed by atoms with Gasteiger partial charge in [0.25, 0.3) is 0 Å². The van der Waals surface area contributed by atoms with E-state index in [1.807, 2.05) is 25.1 Å². The average Bonchev–Trinajstić information content (AvgIpc) is 3.25. The number of carbonyl (C=O) groups excluding carboxylic acids is 1. The number of nitrogens with one attached hydrogen (secondary N) is 1. The Morgan fingerprint density at radius 2 is 2.20 bits per heavy atom. The Kier molecular flexibility index (Phi) is 6.47. The first-order valence-corrected chi connectivity index (χ1v) is 9.66. The van der Waals surface area contributed by atoms with Gasteiger partial charge >= 0.3 is 0 Å². The molecule has 1 aliphatic heterocycles. The molecule has 0 unspecified atom stereocenters. The Morgan fingerprint density at radius 1 is 1.36 bits per heavy atom. The standard InChI is InChI=1S/C18H24N4O2S/c1-14-20-21-18(22(14)12-16-8-5-11-24-16)25-13-17(23)19-10-9-15-6-3-2-4-7-15/h2-4,6-7,16H,5,8-13H2,1H3,(H,19,23)/t16-/m1/s1. The molecule has 134 valence electrons. The summed E-state index contributed by atoms with van der Waals surface area (Å²) >= 11 is 1.43. The van der Waals surface area contributed by atoms with E-state index in [4.69, 9.17) is 4.74 Å². The lowest BCUT2D eigenvalue weighted by Gasteiger charge is -2.13. The maximum absolute atomic E-state index is 12.1. The summed E-state index contributed by atoms with van der Waals surface area (Å²) in [5, 5.41) is 12.1. The number of aromatic nitrogens is 3. The molecule has 25 heavy (non-hydrogen) atoms. The lowest BCUT2D eigenvalue weighted by Crippen LogP contribution is -2.27. The molecule has 0 aliphatic carbocycles. The molecule has 1 fully saturated rings. The molecule has 1 aromatic heterocycles. The number of nitrogens with zero attached hydrogens (tertiary/aromatic N) is 3. The summed E-state index contributed by atoms with van der Waals surface area (Å²) in [6, 6.07) is 10.1. The van der Waals surface area contributed by atoms with Crippen molar-refractivity contribution in [3.05, 3.63) is 41.7 Å². The fraction of sp³-hybridized carbons (Fsp3) is 0.500. The number of benzene rings is 1. The number of rotatable bonds is 8. The van der Waals surface area contributed by atoms with Crippen LogP contribution in [0.4, 0.5) is 0 Å². The van der Waals surface area contributed by atoms with Crippen LogP contribution in [0.2, 0.25) is 0 Å².